The van der Waals surface area contributed by atoms with Gasteiger partial charge in [0.1, 0.15) is 5.75 Å². The van der Waals surface area contributed by atoms with Crippen LogP contribution in [0.5, 0.6) is 5.75 Å². The van der Waals surface area contributed by atoms with Gasteiger partial charge in [-0.05, 0) is 17.7 Å². The van der Waals surface area contributed by atoms with E-state index in [0.717, 1.165) is 11.3 Å². The van der Waals surface area contributed by atoms with Crippen LogP contribution in [0, 0.1) is 0 Å². The van der Waals surface area contributed by atoms with Gasteiger partial charge in [-0.3, -0.25) is 0 Å². The molecule has 0 aliphatic carbocycles. The van der Waals surface area contributed by atoms with Crippen LogP contribution in [0.25, 0.3) is 0 Å². The molecular weight excluding hydrogens is 189 g/mol. The number of hydrogen-bond donors (Lipinski definition) is 1. The van der Waals surface area contributed by atoms with Crippen molar-refractivity contribution in [1.29, 1.82) is 0 Å². The van der Waals surface area contributed by atoms with Crippen molar-refractivity contribution in [1.82, 2.24) is 0 Å². The van der Waals surface area contributed by atoms with Gasteiger partial charge in [-0.25, -0.2) is 10.5 Å². The summed E-state index contributed by atoms with van der Waals surface area (Å²) in [6, 6.07) is 7.29. The fraction of sp³-hybridized carbons (Fsp3) is 0.250. The lowest BCUT2D eigenvalue weighted by atomic mass is 10.2. The molecule has 0 fully saturated rings. The number of methoxy groups -OCH3 is 1. The topological polar surface area (TPSA) is 64.4 Å². The van der Waals surface area contributed by atoms with Gasteiger partial charge in [-0.2, -0.15) is 4.89 Å². The van der Waals surface area contributed by atoms with Crippen LogP contribution in [0.2, 0.25) is 0 Å². The number of rotatable bonds is 4. The maximum absolute atomic E-state index is 10.9. The third kappa shape index (κ3) is 3.28. The van der Waals surface area contributed by atoms with E-state index in [1.165, 1.54) is 0 Å². The fourth-order valence-corrected chi connectivity index (χ4v) is 1.53. The summed E-state index contributed by atoms with van der Waals surface area (Å²) < 4.78 is 9.20. The molecule has 0 aliphatic rings. The van der Waals surface area contributed by atoms with E-state index in [1.807, 2.05) is 18.2 Å². The van der Waals surface area contributed by atoms with Crippen molar-refractivity contribution in [3.05, 3.63) is 29.8 Å². The Morgan fingerprint density at radius 1 is 1.54 bits per heavy atom. The highest BCUT2D eigenvalue weighted by Gasteiger charge is 2.07. The molecule has 1 radical (unpaired) electrons. The summed E-state index contributed by atoms with van der Waals surface area (Å²) in [4.78, 5) is 10.9. The molecule has 4 nitrogen and oxygen atoms in total. The zero-order chi connectivity index (χ0) is 9.68. The number of hydrogen-bond acceptors (Lipinski definition) is 3. The van der Waals surface area contributed by atoms with E-state index in [9.17, 15) is 4.89 Å². The molecule has 1 aromatic carbocycles. The van der Waals surface area contributed by atoms with Crippen LogP contribution in [0.4, 0.5) is 0 Å². The van der Waals surface area contributed by atoms with E-state index in [4.69, 9.17) is 10.6 Å². The van der Waals surface area contributed by atoms with Gasteiger partial charge in [0.2, 0.25) is 8.38 Å². The van der Waals surface area contributed by atoms with Gasteiger partial charge < -0.3 is 4.74 Å². The maximum atomic E-state index is 10.9. The molecule has 1 rings (SSSR count). The summed E-state index contributed by atoms with van der Waals surface area (Å²) in [6.07, 6.45) is 0.309. The average Bonchev–Trinajstić information content (AvgIpc) is 2.18. The van der Waals surface area contributed by atoms with E-state index in [2.05, 4.69) is 4.62 Å². The SMILES string of the molecule is COc1cccc(CP([O])ON)c1. The van der Waals surface area contributed by atoms with Crippen molar-refractivity contribution in [2.45, 2.75) is 6.16 Å². The summed E-state index contributed by atoms with van der Waals surface area (Å²) in [7, 11) is -0.218. The number of benzene rings is 1. The molecular formula is C8H11NO3P. The summed E-state index contributed by atoms with van der Waals surface area (Å²) >= 11 is 0. The van der Waals surface area contributed by atoms with Crippen molar-refractivity contribution in [3.63, 3.8) is 0 Å². The maximum Gasteiger partial charge on any atom is 0.233 e. The lowest BCUT2D eigenvalue weighted by Gasteiger charge is -2.05. The predicted molar refractivity (Wildman–Crippen MR) is 49.6 cm³/mol. The van der Waals surface area contributed by atoms with E-state index in [-0.39, 0.29) is 0 Å². The van der Waals surface area contributed by atoms with Crippen molar-refractivity contribution in [3.8, 4) is 5.75 Å². The molecule has 0 saturated heterocycles. The second-order valence-electron chi connectivity index (χ2n) is 2.45. The van der Waals surface area contributed by atoms with Crippen molar-refractivity contribution < 1.29 is 14.3 Å². The highest BCUT2D eigenvalue weighted by Crippen LogP contribution is 2.35. The largest absolute Gasteiger partial charge is 0.497 e. The molecule has 0 aromatic heterocycles. The predicted octanol–water partition coefficient (Wildman–Crippen LogP) is 1.83. The highest BCUT2D eigenvalue weighted by atomic mass is 31.2. The van der Waals surface area contributed by atoms with Gasteiger partial charge in [-0.1, -0.05) is 12.1 Å². The molecule has 1 aromatic rings. The van der Waals surface area contributed by atoms with Crippen LogP contribution in [0.1, 0.15) is 5.56 Å². The summed E-state index contributed by atoms with van der Waals surface area (Å²) in [5, 5.41) is 0. The molecule has 0 spiro atoms. The lowest BCUT2D eigenvalue weighted by Crippen LogP contribution is -1.94. The average molecular weight is 200 g/mol. The van der Waals surface area contributed by atoms with Gasteiger partial charge in [0.15, 0.2) is 0 Å². The standard InChI is InChI=1S/C8H11NO3P/c1-11-8-4-2-3-7(5-8)6-13(10)12-9/h2-5H,6,9H2,1H3. The first-order valence-corrected chi connectivity index (χ1v) is 5.07. The van der Waals surface area contributed by atoms with Crippen molar-refractivity contribution >= 4 is 8.38 Å². The van der Waals surface area contributed by atoms with Crippen LogP contribution >= 0.6 is 8.38 Å². The van der Waals surface area contributed by atoms with E-state index in [1.54, 1.807) is 13.2 Å². The van der Waals surface area contributed by atoms with Crippen LogP contribution in [0.3, 0.4) is 0 Å². The van der Waals surface area contributed by atoms with Crippen LogP contribution in [-0.2, 0) is 15.7 Å². The van der Waals surface area contributed by atoms with Gasteiger partial charge in [0.25, 0.3) is 0 Å². The van der Waals surface area contributed by atoms with Crippen molar-refractivity contribution in [2.75, 3.05) is 7.11 Å². The molecule has 1 atom stereocenters. The molecule has 0 aliphatic heterocycles. The highest BCUT2D eigenvalue weighted by molar-refractivity contribution is 7.44. The first kappa shape index (κ1) is 10.4. The molecule has 2 N–H and O–H groups in total. The molecule has 71 valence electrons. The number of nitrogens with two attached hydrogens (primary N) is 1. The molecule has 0 bridgehead atoms. The third-order valence-electron chi connectivity index (χ3n) is 1.56. The molecule has 0 amide bonds. The normalized spacial score (nSPS) is 12.5. The summed E-state index contributed by atoms with van der Waals surface area (Å²) in [5.41, 5.74) is 0.880. The minimum Gasteiger partial charge on any atom is -0.497 e. The van der Waals surface area contributed by atoms with Gasteiger partial charge in [0, 0.05) is 6.16 Å². The van der Waals surface area contributed by atoms with Gasteiger partial charge >= 0.3 is 0 Å². The monoisotopic (exact) mass is 200 g/mol. The Balaban J connectivity index is 2.66. The summed E-state index contributed by atoms with van der Waals surface area (Å²) in [6.45, 7) is 0. The van der Waals surface area contributed by atoms with Crippen LogP contribution in [0.15, 0.2) is 24.3 Å². The Kier molecular flexibility index (Phi) is 4.12. The zero-order valence-electron chi connectivity index (χ0n) is 7.27. The zero-order valence-corrected chi connectivity index (χ0v) is 8.16. The first-order valence-electron chi connectivity index (χ1n) is 3.70. The molecule has 0 heterocycles. The smallest absolute Gasteiger partial charge is 0.233 e. The Morgan fingerprint density at radius 2 is 2.31 bits per heavy atom. The second kappa shape index (κ2) is 5.14. The second-order valence-corrected chi connectivity index (χ2v) is 3.64. The van der Waals surface area contributed by atoms with E-state index in [0.29, 0.717) is 6.16 Å². The molecule has 1 unspecified atom stereocenters. The third-order valence-corrected chi connectivity index (χ3v) is 2.42. The fourth-order valence-electron chi connectivity index (χ4n) is 0.957. The lowest BCUT2D eigenvalue weighted by molar-refractivity contribution is 0.294. The van der Waals surface area contributed by atoms with E-state index >= 15 is 0 Å². The Labute approximate surface area is 78.1 Å². The molecule has 5 heteroatoms. The van der Waals surface area contributed by atoms with E-state index < -0.39 is 8.38 Å². The van der Waals surface area contributed by atoms with Gasteiger partial charge in [-0.15, -0.1) is 0 Å². The Hall–Kier alpha value is -0.670. The van der Waals surface area contributed by atoms with Crippen LogP contribution in [-0.4, -0.2) is 7.11 Å². The van der Waals surface area contributed by atoms with Crippen LogP contribution < -0.4 is 10.6 Å². The number of ether oxygens (including phenoxy) is 1. The van der Waals surface area contributed by atoms with Gasteiger partial charge in [0.05, 0.1) is 7.11 Å². The first-order chi connectivity index (χ1) is 6.26. The minimum absolute atomic E-state index is 0.309. The minimum atomic E-state index is -1.80. The Morgan fingerprint density at radius 3 is 2.92 bits per heavy atom. The molecule has 13 heavy (non-hydrogen) atoms. The Bertz CT molecular complexity index is 269. The summed E-state index contributed by atoms with van der Waals surface area (Å²) in [5.74, 6) is 5.51. The quantitative estimate of drug-likeness (QED) is 0.595. The van der Waals surface area contributed by atoms with Crippen molar-refractivity contribution in [2.24, 2.45) is 5.90 Å². The molecule has 0 saturated carbocycles.